The number of fused-ring (bicyclic) bond motifs is 2. The van der Waals surface area contributed by atoms with Crippen molar-refractivity contribution >= 4 is 17.9 Å². The zero-order valence-electron chi connectivity index (χ0n) is 21.0. The molecule has 36 heavy (non-hydrogen) atoms. The average Bonchev–Trinajstić information content (AvgIpc) is 3.15. The van der Waals surface area contributed by atoms with Crippen LogP contribution in [0, 0.1) is 40.4 Å². The summed E-state index contributed by atoms with van der Waals surface area (Å²) in [5.41, 5.74) is -2.80. The van der Waals surface area contributed by atoms with Crippen LogP contribution in [-0.4, -0.2) is 48.6 Å². The van der Waals surface area contributed by atoms with Crippen molar-refractivity contribution in [3.63, 3.8) is 0 Å². The Morgan fingerprint density at radius 3 is 2.08 bits per heavy atom. The lowest BCUT2D eigenvalue weighted by Gasteiger charge is -2.43. The van der Waals surface area contributed by atoms with Gasteiger partial charge in [0.2, 0.25) is 0 Å². The molecule has 4 rings (SSSR count). The molecule has 0 aromatic carbocycles. The topological polar surface area (TPSA) is 78.9 Å². The number of ether oxygens (including phenoxy) is 3. The van der Waals surface area contributed by atoms with Crippen LogP contribution in [0.2, 0.25) is 0 Å². The summed E-state index contributed by atoms with van der Waals surface area (Å²) >= 11 is 0. The first-order valence-corrected chi connectivity index (χ1v) is 11.9. The van der Waals surface area contributed by atoms with Crippen LogP contribution in [0.4, 0.5) is 26.3 Å². The van der Waals surface area contributed by atoms with Crippen LogP contribution in [0.3, 0.4) is 0 Å². The van der Waals surface area contributed by atoms with Gasteiger partial charge in [-0.25, -0.2) is 0 Å². The number of esters is 3. The van der Waals surface area contributed by atoms with Crippen LogP contribution in [0.25, 0.3) is 0 Å². The van der Waals surface area contributed by atoms with Crippen LogP contribution < -0.4 is 0 Å². The fourth-order valence-corrected chi connectivity index (χ4v) is 6.19. The number of hydrogen-bond acceptors (Lipinski definition) is 6. The van der Waals surface area contributed by atoms with Crippen molar-refractivity contribution in [3.8, 4) is 0 Å². The smallest absolute Gasteiger partial charge is 0.434 e. The van der Waals surface area contributed by atoms with Gasteiger partial charge in [0.25, 0.3) is 6.10 Å². The number of alkyl halides is 6. The predicted octanol–water partition coefficient (Wildman–Crippen LogP) is 5.23. The number of hydrogen-bond donors (Lipinski definition) is 0. The summed E-state index contributed by atoms with van der Waals surface area (Å²) in [5, 5.41) is 0. The zero-order chi connectivity index (χ0) is 27.6. The van der Waals surface area contributed by atoms with E-state index in [9.17, 15) is 40.7 Å². The maximum Gasteiger partial charge on any atom is 0.434 e. The van der Waals surface area contributed by atoms with E-state index in [4.69, 9.17) is 9.47 Å². The molecule has 0 radical (unpaired) electrons. The first-order valence-electron chi connectivity index (χ1n) is 11.9. The van der Waals surface area contributed by atoms with Crippen molar-refractivity contribution in [2.45, 2.75) is 84.9 Å². The van der Waals surface area contributed by atoms with Gasteiger partial charge in [0.05, 0.1) is 17.3 Å². The third-order valence-electron chi connectivity index (χ3n) is 7.93. The van der Waals surface area contributed by atoms with Gasteiger partial charge in [0.15, 0.2) is 0 Å². The number of carbonyl (C=O) groups is 3. The quantitative estimate of drug-likeness (QED) is 0.266. The second-order valence-electron chi connectivity index (χ2n) is 12.1. The second-order valence-corrected chi connectivity index (χ2v) is 12.1. The monoisotopic (exact) mass is 530 g/mol. The van der Waals surface area contributed by atoms with Crippen molar-refractivity contribution in [3.05, 3.63) is 0 Å². The van der Waals surface area contributed by atoms with Gasteiger partial charge in [-0.15, -0.1) is 0 Å². The zero-order valence-corrected chi connectivity index (χ0v) is 21.0. The number of halogens is 6. The van der Waals surface area contributed by atoms with Crippen molar-refractivity contribution in [1.82, 2.24) is 0 Å². The molecule has 4 aliphatic rings. The fraction of sp³-hybridized carbons (Fsp3) is 0.875. The molecule has 2 aliphatic heterocycles. The lowest BCUT2D eigenvalue weighted by atomic mass is 9.68. The Labute approximate surface area is 205 Å². The van der Waals surface area contributed by atoms with Crippen LogP contribution in [-0.2, 0) is 28.6 Å². The Hall–Kier alpha value is -2.01. The van der Waals surface area contributed by atoms with E-state index in [1.54, 1.807) is 6.92 Å². The minimum Gasteiger partial charge on any atom is -0.461 e. The Morgan fingerprint density at radius 1 is 1.06 bits per heavy atom. The second kappa shape index (κ2) is 8.79. The Balaban J connectivity index is 1.93. The van der Waals surface area contributed by atoms with E-state index >= 15 is 0 Å². The largest absolute Gasteiger partial charge is 0.461 e. The fourth-order valence-electron chi connectivity index (χ4n) is 6.19. The molecule has 2 saturated carbocycles. The third kappa shape index (κ3) is 5.05. The minimum absolute atomic E-state index is 0.118. The van der Waals surface area contributed by atoms with Crippen molar-refractivity contribution in [1.29, 1.82) is 0 Å². The Morgan fingerprint density at radius 2 is 1.61 bits per heavy atom. The summed E-state index contributed by atoms with van der Waals surface area (Å²) < 4.78 is 93.3. The highest BCUT2D eigenvalue weighted by molar-refractivity contribution is 5.85. The van der Waals surface area contributed by atoms with Gasteiger partial charge in [-0.2, -0.15) is 26.3 Å². The Bertz CT molecular complexity index is 892. The molecule has 0 spiro atoms. The molecule has 0 aromatic rings. The van der Waals surface area contributed by atoms with E-state index in [0.29, 0.717) is 6.42 Å². The standard InChI is InChI=1S/C24H32F6O6/c1-11(2)21(6,9-20(3,4)5)19(33)36-22-8-12-7-13(22)15(14(12)16(31)34-10-22)17(32)35-18(23(25,26)27)24(28,29)30/h11-15,18H,7-10H2,1-6H3. The molecule has 0 N–H and O–H groups in total. The molecule has 6 atom stereocenters. The molecule has 4 fully saturated rings. The first kappa shape index (κ1) is 28.6. The van der Waals surface area contributed by atoms with Crippen LogP contribution in [0.1, 0.15) is 60.8 Å². The molecule has 2 saturated heterocycles. The van der Waals surface area contributed by atoms with Crippen molar-refractivity contribution in [2.24, 2.45) is 40.4 Å². The highest BCUT2D eigenvalue weighted by Crippen LogP contribution is 2.62. The summed E-state index contributed by atoms with van der Waals surface area (Å²) in [4.78, 5) is 38.9. The van der Waals surface area contributed by atoms with Crippen molar-refractivity contribution < 1.29 is 54.9 Å². The van der Waals surface area contributed by atoms with Crippen molar-refractivity contribution in [2.75, 3.05) is 6.61 Å². The molecule has 2 aliphatic carbocycles. The molecule has 2 heterocycles. The summed E-state index contributed by atoms with van der Waals surface area (Å²) in [5.74, 6) is -8.03. The molecular weight excluding hydrogens is 498 g/mol. The molecule has 4 bridgehead atoms. The molecule has 0 amide bonds. The van der Waals surface area contributed by atoms with Gasteiger partial charge >= 0.3 is 30.3 Å². The minimum atomic E-state index is -5.89. The SMILES string of the molecule is CC(C)C(C)(CC(C)(C)C)C(=O)OC12COC(=O)C3C(CC1C3C(=O)OC(C(F)(F)F)C(F)(F)F)C2. The molecule has 12 heteroatoms. The summed E-state index contributed by atoms with van der Waals surface area (Å²) in [6, 6.07) is 0. The summed E-state index contributed by atoms with van der Waals surface area (Å²) in [6.45, 7) is 10.8. The maximum absolute atomic E-state index is 13.5. The third-order valence-corrected chi connectivity index (χ3v) is 7.93. The van der Waals surface area contributed by atoms with E-state index in [1.807, 2.05) is 34.6 Å². The molecule has 0 aromatic heterocycles. The highest BCUT2D eigenvalue weighted by atomic mass is 19.4. The lowest BCUT2D eigenvalue weighted by molar-refractivity contribution is -0.315. The predicted molar refractivity (Wildman–Crippen MR) is 112 cm³/mol. The lowest BCUT2D eigenvalue weighted by Crippen LogP contribution is -2.53. The molecule has 6 nitrogen and oxygen atoms in total. The van der Waals surface area contributed by atoms with E-state index in [-0.39, 0.29) is 24.2 Å². The molecular formula is C24H32F6O6. The van der Waals surface area contributed by atoms with E-state index in [0.717, 1.165) is 0 Å². The van der Waals surface area contributed by atoms with Gasteiger partial charge < -0.3 is 14.2 Å². The maximum atomic E-state index is 13.5. The van der Waals surface area contributed by atoms with E-state index in [1.165, 1.54) is 0 Å². The van der Waals surface area contributed by atoms with Gasteiger partial charge in [0, 0.05) is 5.92 Å². The average molecular weight is 531 g/mol. The molecule has 6 unspecified atom stereocenters. The summed E-state index contributed by atoms with van der Waals surface area (Å²) in [6.07, 6.45) is -15.5. The Kier molecular flexibility index (Phi) is 6.97. The van der Waals surface area contributed by atoms with Crippen LogP contribution in [0.15, 0.2) is 0 Å². The van der Waals surface area contributed by atoms with Gasteiger partial charge in [-0.3, -0.25) is 14.4 Å². The molecule has 206 valence electrons. The van der Waals surface area contributed by atoms with E-state index in [2.05, 4.69) is 4.74 Å². The van der Waals surface area contributed by atoms with Crippen LogP contribution >= 0.6 is 0 Å². The normalized spacial score (nSPS) is 31.9. The highest BCUT2D eigenvalue weighted by Gasteiger charge is 2.71. The summed E-state index contributed by atoms with van der Waals surface area (Å²) in [7, 11) is 0. The van der Waals surface area contributed by atoms with E-state index < -0.39 is 77.7 Å². The number of rotatable bonds is 6. The van der Waals surface area contributed by atoms with Gasteiger partial charge in [-0.1, -0.05) is 34.6 Å². The van der Waals surface area contributed by atoms with Gasteiger partial charge in [0.1, 0.15) is 12.2 Å². The number of carbonyl (C=O) groups excluding carboxylic acids is 3. The van der Waals surface area contributed by atoms with Crippen LogP contribution in [0.5, 0.6) is 0 Å². The first-order chi connectivity index (χ1) is 16.1. The van der Waals surface area contributed by atoms with Gasteiger partial charge in [-0.05, 0) is 43.4 Å².